The molecule has 1 aromatic rings. The molecule has 1 rings (SSSR count). The molecule has 0 fully saturated rings. The first-order chi connectivity index (χ1) is 6.74. The molecule has 1 atom stereocenters. The maximum Gasteiger partial charge on any atom is 0.123 e. The molecule has 0 aliphatic carbocycles. The predicted molar refractivity (Wildman–Crippen MR) is 53.0 cm³/mol. The van der Waals surface area contributed by atoms with Gasteiger partial charge in [0.25, 0.3) is 0 Å². The quantitative estimate of drug-likeness (QED) is 0.743. The zero-order chi connectivity index (χ0) is 10.4. The highest BCUT2D eigenvalue weighted by molar-refractivity contribution is 5.19. The summed E-state index contributed by atoms with van der Waals surface area (Å²) in [6.45, 7) is 2.58. The fourth-order valence-electron chi connectivity index (χ4n) is 1.24. The molecule has 0 aliphatic heterocycles. The van der Waals surface area contributed by atoms with Crippen LogP contribution >= 0.6 is 0 Å². The lowest BCUT2D eigenvalue weighted by Gasteiger charge is -2.12. The molecule has 0 bridgehead atoms. The third kappa shape index (κ3) is 3.15. The van der Waals surface area contributed by atoms with Gasteiger partial charge in [0.05, 0.1) is 6.07 Å². The number of benzene rings is 1. The number of nitrogens with zero attached hydrogens (tertiary/aromatic N) is 1. The Kier molecular flexibility index (Phi) is 4.09. The Hall–Kier alpha value is -1.40. The van der Waals surface area contributed by atoms with Crippen molar-refractivity contribution in [3.05, 3.63) is 35.6 Å². The molecule has 0 saturated carbocycles. The second-order valence-electron chi connectivity index (χ2n) is 3.14. The lowest BCUT2D eigenvalue weighted by atomic mass is 10.1. The van der Waals surface area contributed by atoms with Crippen molar-refractivity contribution in [2.45, 2.75) is 19.4 Å². The fourth-order valence-corrected chi connectivity index (χ4v) is 1.24. The number of nitrogens with one attached hydrogen (secondary N) is 1. The molecule has 2 nitrogen and oxygen atoms in total. The summed E-state index contributed by atoms with van der Waals surface area (Å²) in [6.07, 6.45) is 0.472. The number of rotatable bonds is 4. The minimum absolute atomic E-state index is 0.0825. The third-order valence-corrected chi connectivity index (χ3v) is 2.04. The van der Waals surface area contributed by atoms with Crippen molar-refractivity contribution >= 4 is 0 Å². The van der Waals surface area contributed by atoms with Gasteiger partial charge in [-0.1, -0.05) is 12.1 Å². The van der Waals surface area contributed by atoms with Crippen LogP contribution in [0, 0.1) is 17.1 Å². The smallest absolute Gasteiger partial charge is 0.123 e. The SMILES string of the molecule is CC(NCCC#N)c1cccc(F)c1. The van der Waals surface area contributed by atoms with Crippen molar-refractivity contribution in [2.75, 3.05) is 6.54 Å². The Bertz CT molecular complexity index is 330. The molecule has 0 heterocycles. The molecule has 0 amide bonds. The summed E-state index contributed by atoms with van der Waals surface area (Å²) in [6, 6.07) is 8.61. The fraction of sp³-hybridized carbons (Fsp3) is 0.364. The maximum atomic E-state index is 12.8. The van der Waals surface area contributed by atoms with Crippen LogP contribution in [0.1, 0.15) is 24.9 Å². The summed E-state index contributed by atoms with van der Waals surface area (Å²) >= 11 is 0. The Labute approximate surface area is 83.4 Å². The Morgan fingerprint density at radius 2 is 2.36 bits per heavy atom. The van der Waals surface area contributed by atoms with Crippen molar-refractivity contribution in [1.29, 1.82) is 5.26 Å². The molecule has 0 aromatic heterocycles. The monoisotopic (exact) mass is 192 g/mol. The lowest BCUT2D eigenvalue weighted by molar-refractivity contribution is 0.572. The normalized spacial score (nSPS) is 12.1. The van der Waals surface area contributed by atoms with E-state index in [0.717, 1.165) is 5.56 Å². The third-order valence-electron chi connectivity index (χ3n) is 2.04. The van der Waals surface area contributed by atoms with Crippen LogP contribution in [0.4, 0.5) is 4.39 Å². The van der Waals surface area contributed by atoms with Gasteiger partial charge >= 0.3 is 0 Å². The van der Waals surface area contributed by atoms with Gasteiger partial charge in [-0.2, -0.15) is 5.26 Å². The van der Waals surface area contributed by atoms with Gasteiger partial charge < -0.3 is 5.32 Å². The van der Waals surface area contributed by atoms with E-state index in [1.54, 1.807) is 6.07 Å². The van der Waals surface area contributed by atoms with Crippen LogP contribution < -0.4 is 5.32 Å². The maximum absolute atomic E-state index is 12.8. The predicted octanol–water partition coefficient (Wildman–Crippen LogP) is 2.39. The Morgan fingerprint density at radius 1 is 1.57 bits per heavy atom. The Balaban J connectivity index is 2.52. The zero-order valence-electron chi connectivity index (χ0n) is 8.13. The summed E-state index contributed by atoms with van der Waals surface area (Å²) in [5.74, 6) is -0.226. The number of hydrogen-bond acceptors (Lipinski definition) is 2. The van der Waals surface area contributed by atoms with E-state index >= 15 is 0 Å². The van der Waals surface area contributed by atoms with Gasteiger partial charge in [0.1, 0.15) is 5.82 Å². The van der Waals surface area contributed by atoms with Crippen LogP contribution in [0.15, 0.2) is 24.3 Å². The molecule has 1 aromatic carbocycles. The summed E-state index contributed by atoms with van der Waals surface area (Å²) in [5, 5.41) is 11.5. The van der Waals surface area contributed by atoms with E-state index in [0.29, 0.717) is 13.0 Å². The molecule has 0 aliphatic rings. The topological polar surface area (TPSA) is 35.8 Å². The van der Waals surface area contributed by atoms with Crippen LogP contribution in [-0.2, 0) is 0 Å². The molecule has 1 unspecified atom stereocenters. The van der Waals surface area contributed by atoms with E-state index in [1.165, 1.54) is 12.1 Å². The van der Waals surface area contributed by atoms with Gasteiger partial charge in [-0.25, -0.2) is 4.39 Å². The van der Waals surface area contributed by atoms with Crippen molar-refractivity contribution in [3.63, 3.8) is 0 Å². The highest BCUT2D eigenvalue weighted by atomic mass is 19.1. The average Bonchev–Trinajstić information content (AvgIpc) is 2.18. The summed E-state index contributed by atoms with van der Waals surface area (Å²) in [5.41, 5.74) is 0.905. The molecule has 1 N–H and O–H groups in total. The van der Waals surface area contributed by atoms with Crippen molar-refractivity contribution < 1.29 is 4.39 Å². The van der Waals surface area contributed by atoms with Crippen LogP contribution in [0.5, 0.6) is 0 Å². The molecule has 3 heteroatoms. The number of halogens is 1. The molecular weight excluding hydrogens is 179 g/mol. The van der Waals surface area contributed by atoms with Gasteiger partial charge in [-0.15, -0.1) is 0 Å². The summed E-state index contributed by atoms with van der Waals surface area (Å²) < 4.78 is 12.8. The standard InChI is InChI=1S/C11H13FN2/c1-9(14-7-3-6-13)10-4-2-5-11(12)8-10/h2,4-5,8-9,14H,3,7H2,1H3. The average molecular weight is 192 g/mol. The van der Waals surface area contributed by atoms with E-state index < -0.39 is 0 Å². The summed E-state index contributed by atoms with van der Waals surface area (Å²) in [4.78, 5) is 0. The van der Waals surface area contributed by atoms with Gasteiger partial charge in [-0.05, 0) is 24.6 Å². The van der Waals surface area contributed by atoms with E-state index in [2.05, 4.69) is 5.32 Å². The first kappa shape index (κ1) is 10.7. The summed E-state index contributed by atoms with van der Waals surface area (Å²) in [7, 11) is 0. The van der Waals surface area contributed by atoms with Crippen LogP contribution in [0.2, 0.25) is 0 Å². The van der Waals surface area contributed by atoms with Crippen molar-refractivity contribution in [2.24, 2.45) is 0 Å². The molecule has 14 heavy (non-hydrogen) atoms. The van der Waals surface area contributed by atoms with Gasteiger partial charge in [0.15, 0.2) is 0 Å². The molecule has 74 valence electrons. The van der Waals surface area contributed by atoms with Gasteiger partial charge in [0, 0.05) is 19.0 Å². The largest absolute Gasteiger partial charge is 0.309 e. The van der Waals surface area contributed by atoms with E-state index in [-0.39, 0.29) is 11.9 Å². The number of nitriles is 1. The molecule has 0 radical (unpaired) electrons. The molecule has 0 saturated heterocycles. The van der Waals surface area contributed by atoms with E-state index in [9.17, 15) is 4.39 Å². The first-order valence-corrected chi connectivity index (χ1v) is 4.60. The minimum Gasteiger partial charge on any atom is -0.309 e. The molecular formula is C11H13FN2. The molecule has 0 spiro atoms. The first-order valence-electron chi connectivity index (χ1n) is 4.60. The lowest BCUT2D eigenvalue weighted by Crippen LogP contribution is -2.19. The second-order valence-corrected chi connectivity index (χ2v) is 3.14. The van der Waals surface area contributed by atoms with Crippen LogP contribution in [0.25, 0.3) is 0 Å². The highest BCUT2D eigenvalue weighted by Gasteiger charge is 2.04. The number of hydrogen-bond donors (Lipinski definition) is 1. The van der Waals surface area contributed by atoms with Crippen LogP contribution in [0.3, 0.4) is 0 Å². The zero-order valence-corrected chi connectivity index (χ0v) is 8.13. The van der Waals surface area contributed by atoms with Crippen molar-refractivity contribution in [3.8, 4) is 6.07 Å². The highest BCUT2D eigenvalue weighted by Crippen LogP contribution is 2.12. The Morgan fingerprint density at radius 3 is 3.00 bits per heavy atom. The van der Waals surface area contributed by atoms with E-state index in [1.807, 2.05) is 19.1 Å². The van der Waals surface area contributed by atoms with E-state index in [4.69, 9.17) is 5.26 Å². The second kappa shape index (κ2) is 5.36. The minimum atomic E-state index is -0.226. The van der Waals surface area contributed by atoms with Crippen molar-refractivity contribution in [1.82, 2.24) is 5.32 Å². The van der Waals surface area contributed by atoms with Gasteiger partial charge in [0.2, 0.25) is 0 Å². The van der Waals surface area contributed by atoms with Crippen LogP contribution in [-0.4, -0.2) is 6.54 Å². The van der Waals surface area contributed by atoms with Gasteiger partial charge in [-0.3, -0.25) is 0 Å².